The van der Waals surface area contributed by atoms with Gasteiger partial charge in [-0.2, -0.15) is 0 Å². The Morgan fingerprint density at radius 2 is 0.946 bits per heavy atom. The van der Waals surface area contributed by atoms with Crippen LogP contribution in [0.15, 0.2) is 24.3 Å². The van der Waals surface area contributed by atoms with Crippen LogP contribution in [-0.2, 0) is 41.6 Å². The van der Waals surface area contributed by atoms with Gasteiger partial charge in [0.1, 0.15) is 85.5 Å². The second-order valence-corrected chi connectivity index (χ2v) is 13.2. The fourth-order valence-corrected chi connectivity index (χ4v) is 5.78. The summed E-state index contributed by atoms with van der Waals surface area (Å²) in [7, 11) is 0. The number of hydrogen-bond acceptors (Lipinski definition) is 22. The van der Waals surface area contributed by atoms with Crippen LogP contribution < -0.4 is 10.6 Å². The molecule has 1 aromatic rings. The Morgan fingerprint density at radius 3 is 1.27 bits per heavy atom. The first-order valence-electron chi connectivity index (χ1n) is 17.3. The standard InChI is InChI=1S/C32H52N2O22/c35-7-13(39)27(55-31-25(49)19(43)17(41)15(9-37)53-31)21(45)23(47)29(51)33-5-11-2-1-3-12(4-11)6-34-30(52)24(48)22(46)28(14(40)8-36)56-32-26(50)20(44)18(42)16(10-38)54-32/h1-4,13-28,31-32,35-50H,5-10H2,(H,33,51)(H,34,52)/t13-,14-,15-,16-,17+,18+,19+,20+,21-,22-,23-,24-,25-,26-,27-,28-,31-,32-/m1/s1. The Hall–Kier alpha value is -2.64. The third-order valence-corrected chi connectivity index (χ3v) is 9.19. The summed E-state index contributed by atoms with van der Waals surface area (Å²) in [6, 6.07) is 5.95. The molecule has 0 spiro atoms. The Balaban J connectivity index is 1.59. The number of benzene rings is 1. The first kappa shape index (κ1) is 47.7. The molecule has 2 amide bonds. The van der Waals surface area contributed by atoms with Crippen LogP contribution >= 0.6 is 0 Å². The SMILES string of the molecule is O=C(NCc1cccc(CNC(=O)[C@H](O)[C@@H](O)[C@H](O[C@H]2O[C@H](CO)[C@H](O)[C@H](O)[C@H]2O)[C@H](O)CO)c1)[C@H](O)[C@@H](O)[C@H](O[C@H]1O[C@H](CO)[C@H](O)[C@H](O)[C@H]1O)[C@H](O)CO. The quantitative estimate of drug-likeness (QED) is 0.0581. The Kier molecular flexibility index (Phi) is 18.7. The van der Waals surface area contributed by atoms with E-state index in [1.165, 1.54) is 24.3 Å². The Morgan fingerprint density at radius 1 is 0.589 bits per heavy atom. The van der Waals surface area contributed by atoms with Gasteiger partial charge >= 0.3 is 0 Å². The van der Waals surface area contributed by atoms with Crippen molar-refractivity contribution in [3.63, 3.8) is 0 Å². The first-order chi connectivity index (χ1) is 26.4. The molecule has 2 aliphatic rings. The van der Waals surface area contributed by atoms with Crippen molar-refractivity contribution in [1.82, 2.24) is 10.6 Å². The topological polar surface area (TPSA) is 419 Å². The molecular weight excluding hydrogens is 764 g/mol. The summed E-state index contributed by atoms with van der Waals surface area (Å²) in [5, 5.41) is 166. The highest BCUT2D eigenvalue weighted by Crippen LogP contribution is 2.27. The minimum Gasteiger partial charge on any atom is -0.394 e. The molecule has 0 bridgehead atoms. The number of aliphatic hydroxyl groups is 16. The number of ether oxygens (including phenoxy) is 4. The van der Waals surface area contributed by atoms with E-state index in [9.17, 15) is 91.3 Å². The second-order valence-electron chi connectivity index (χ2n) is 13.2. The van der Waals surface area contributed by atoms with Gasteiger partial charge in [0.25, 0.3) is 11.8 Å². The molecular formula is C32H52N2O22. The Bertz CT molecular complexity index is 1270. The predicted octanol–water partition coefficient (Wildman–Crippen LogP) is -10.6. The molecule has 2 fully saturated rings. The van der Waals surface area contributed by atoms with E-state index in [2.05, 4.69) is 10.6 Å². The Labute approximate surface area is 317 Å². The number of rotatable bonds is 20. The molecule has 0 radical (unpaired) electrons. The molecule has 2 saturated heterocycles. The summed E-state index contributed by atoms with van der Waals surface area (Å²) in [5.74, 6) is -2.43. The predicted molar refractivity (Wildman–Crippen MR) is 178 cm³/mol. The molecule has 0 aromatic heterocycles. The van der Waals surface area contributed by atoms with Crippen molar-refractivity contribution in [3.05, 3.63) is 35.4 Å². The van der Waals surface area contributed by atoms with Crippen LogP contribution in [0.3, 0.4) is 0 Å². The summed E-state index contributed by atoms with van der Waals surface area (Å²) in [6.07, 6.45) is -35.3. The monoisotopic (exact) mass is 816 g/mol. The zero-order valence-electron chi connectivity index (χ0n) is 29.5. The highest BCUT2D eigenvalue weighted by Gasteiger charge is 2.49. The molecule has 0 saturated carbocycles. The van der Waals surface area contributed by atoms with Crippen LogP contribution in [-0.4, -0.2) is 230 Å². The van der Waals surface area contributed by atoms with E-state index in [0.29, 0.717) is 11.1 Å². The van der Waals surface area contributed by atoms with E-state index in [1.54, 1.807) is 0 Å². The fourth-order valence-electron chi connectivity index (χ4n) is 5.78. The summed E-state index contributed by atoms with van der Waals surface area (Å²) < 4.78 is 20.9. The van der Waals surface area contributed by atoms with E-state index in [0.717, 1.165) is 0 Å². The minimum atomic E-state index is -2.33. The molecule has 24 nitrogen and oxygen atoms in total. The van der Waals surface area contributed by atoms with Gasteiger partial charge in [-0.3, -0.25) is 9.59 Å². The molecule has 2 aliphatic heterocycles. The van der Waals surface area contributed by atoms with Crippen LogP contribution in [0.2, 0.25) is 0 Å². The molecule has 1 aromatic carbocycles. The lowest BCUT2D eigenvalue weighted by Gasteiger charge is -2.42. The number of carbonyl (C=O) groups excluding carboxylic acids is 2. The largest absolute Gasteiger partial charge is 0.394 e. The van der Waals surface area contributed by atoms with E-state index >= 15 is 0 Å². The van der Waals surface area contributed by atoms with Gasteiger partial charge in [0.2, 0.25) is 0 Å². The summed E-state index contributed by atoms with van der Waals surface area (Å²) >= 11 is 0. The van der Waals surface area contributed by atoms with Crippen LogP contribution in [0.5, 0.6) is 0 Å². The van der Waals surface area contributed by atoms with Gasteiger partial charge in [0.05, 0.1) is 26.4 Å². The van der Waals surface area contributed by atoms with Gasteiger partial charge < -0.3 is 111 Å². The number of hydrogen-bond donors (Lipinski definition) is 18. The number of nitrogens with one attached hydrogen (secondary N) is 2. The maximum atomic E-state index is 12.8. The van der Waals surface area contributed by atoms with Crippen LogP contribution in [0.25, 0.3) is 0 Å². The van der Waals surface area contributed by atoms with Crippen molar-refractivity contribution in [2.75, 3.05) is 26.4 Å². The zero-order valence-corrected chi connectivity index (χ0v) is 29.5. The van der Waals surface area contributed by atoms with E-state index < -0.39 is 148 Å². The zero-order chi connectivity index (χ0) is 42.0. The third-order valence-electron chi connectivity index (χ3n) is 9.19. The lowest BCUT2D eigenvalue weighted by atomic mass is 9.98. The maximum absolute atomic E-state index is 12.8. The number of amides is 2. The maximum Gasteiger partial charge on any atom is 0.251 e. The van der Waals surface area contributed by atoms with E-state index in [4.69, 9.17) is 18.9 Å². The molecule has 0 unspecified atom stereocenters. The molecule has 322 valence electrons. The van der Waals surface area contributed by atoms with Crippen LogP contribution in [0.4, 0.5) is 0 Å². The van der Waals surface area contributed by atoms with Crippen molar-refractivity contribution in [1.29, 1.82) is 0 Å². The highest BCUT2D eigenvalue weighted by molar-refractivity contribution is 5.81. The lowest BCUT2D eigenvalue weighted by molar-refractivity contribution is -0.326. The van der Waals surface area contributed by atoms with E-state index in [-0.39, 0.29) is 13.1 Å². The van der Waals surface area contributed by atoms with E-state index in [1.807, 2.05) is 0 Å². The van der Waals surface area contributed by atoms with Crippen LogP contribution in [0, 0.1) is 0 Å². The minimum absolute atomic E-state index is 0.303. The molecule has 0 aliphatic carbocycles. The van der Waals surface area contributed by atoms with Crippen molar-refractivity contribution in [2.24, 2.45) is 0 Å². The first-order valence-corrected chi connectivity index (χ1v) is 17.3. The summed E-state index contributed by atoms with van der Waals surface area (Å²) in [5.41, 5.74) is 0.715. The molecule has 56 heavy (non-hydrogen) atoms. The molecule has 24 heteroatoms. The van der Waals surface area contributed by atoms with Gasteiger partial charge in [0, 0.05) is 13.1 Å². The average molecular weight is 817 g/mol. The van der Waals surface area contributed by atoms with Gasteiger partial charge in [-0.25, -0.2) is 0 Å². The van der Waals surface area contributed by atoms with Crippen molar-refractivity contribution >= 4 is 11.8 Å². The smallest absolute Gasteiger partial charge is 0.251 e. The average Bonchev–Trinajstić information content (AvgIpc) is 3.20. The summed E-state index contributed by atoms with van der Waals surface area (Å²) in [6.45, 7) is -4.44. The van der Waals surface area contributed by atoms with Crippen molar-refractivity contribution in [2.45, 2.75) is 123 Å². The van der Waals surface area contributed by atoms with Gasteiger partial charge in [-0.05, 0) is 11.1 Å². The number of aliphatic hydroxyl groups excluding tert-OH is 16. The molecule has 18 atom stereocenters. The van der Waals surface area contributed by atoms with Crippen LogP contribution in [0.1, 0.15) is 11.1 Å². The van der Waals surface area contributed by atoms with Gasteiger partial charge in [-0.15, -0.1) is 0 Å². The normalized spacial score (nSPS) is 32.6. The highest BCUT2D eigenvalue weighted by atomic mass is 16.7. The van der Waals surface area contributed by atoms with Gasteiger partial charge in [0.15, 0.2) is 24.8 Å². The fraction of sp³-hybridized carbons (Fsp3) is 0.750. The molecule has 2 heterocycles. The number of carbonyl (C=O) groups is 2. The molecule has 18 N–H and O–H groups in total. The second kappa shape index (κ2) is 21.9. The summed E-state index contributed by atoms with van der Waals surface area (Å²) in [4.78, 5) is 25.6. The van der Waals surface area contributed by atoms with Gasteiger partial charge in [-0.1, -0.05) is 24.3 Å². The third kappa shape index (κ3) is 11.7. The van der Waals surface area contributed by atoms with Crippen molar-refractivity contribution in [3.8, 4) is 0 Å². The van der Waals surface area contributed by atoms with Crippen molar-refractivity contribution < 1.29 is 110 Å². The lowest BCUT2D eigenvalue weighted by Crippen LogP contribution is -2.62. The molecule has 3 rings (SSSR count).